The van der Waals surface area contributed by atoms with E-state index in [0.717, 1.165) is 16.8 Å². The Kier molecular flexibility index (Phi) is 7.84. The summed E-state index contributed by atoms with van der Waals surface area (Å²) in [5.74, 6) is -4.76. The summed E-state index contributed by atoms with van der Waals surface area (Å²) < 4.78 is 1.76. The van der Waals surface area contributed by atoms with Gasteiger partial charge in [-0.25, -0.2) is 4.68 Å². The number of nitrogens with one attached hydrogen (secondary N) is 2. The number of Topliss-reactive ketones (excluding diaryl/α,β-unsaturated/α-hetero) is 1. The number of nitrogens with zero attached hydrogens (tertiary/aromatic N) is 2. The van der Waals surface area contributed by atoms with Crippen molar-refractivity contribution in [2.75, 3.05) is 10.6 Å². The fourth-order valence-corrected chi connectivity index (χ4v) is 6.25. The van der Waals surface area contributed by atoms with Crippen LogP contribution in [0.1, 0.15) is 47.3 Å². The van der Waals surface area contributed by atoms with Gasteiger partial charge in [-0.2, -0.15) is 5.10 Å². The molecule has 216 valence electrons. The number of aromatic nitrogens is 2. The van der Waals surface area contributed by atoms with E-state index in [0.29, 0.717) is 28.3 Å². The molecule has 8 heteroatoms. The summed E-state index contributed by atoms with van der Waals surface area (Å²) in [4.78, 5) is 42.0. The SMILES string of the molecule is Cc1ccccc1NC(=O)[C@@H]1C(=O)C[C@](C)(O)[C@@H](C(=O)Nc2ccccc2C)[C@H]1c1c(C)nn(-c2ccccc2)c1C. The summed E-state index contributed by atoms with van der Waals surface area (Å²) in [7, 11) is 0. The molecule has 0 unspecified atom stereocenters. The first-order chi connectivity index (χ1) is 20.0. The van der Waals surface area contributed by atoms with Crippen LogP contribution in [0.25, 0.3) is 5.69 Å². The Labute approximate surface area is 245 Å². The summed E-state index contributed by atoms with van der Waals surface area (Å²) in [5, 5.41) is 22.4. The van der Waals surface area contributed by atoms with Crippen LogP contribution in [0.2, 0.25) is 0 Å². The van der Waals surface area contributed by atoms with Gasteiger partial charge in [-0.3, -0.25) is 14.4 Å². The molecule has 1 heterocycles. The number of benzene rings is 3. The highest BCUT2D eigenvalue weighted by Gasteiger charge is 2.57. The number of para-hydroxylation sites is 3. The van der Waals surface area contributed by atoms with E-state index in [1.807, 2.05) is 94.4 Å². The van der Waals surface area contributed by atoms with Gasteiger partial charge in [-0.1, -0.05) is 54.6 Å². The highest BCUT2D eigenvalue weighted by atomic mass is 16.3. The Bertz CT molecular complexity index is 1660. The Balaban J connectivity index is 1.67. The molecule has 1 aliphatic rings. The van der Waals surface area contributed by atoms with Crippen molar-refractivity contribution in [1.82, 2.24) is 9.78 Å². The molecule has 1 fully saturated rings. The van der Waals surface area contributed by atoms with Crippen LogP contribution in [0.3, 0.4) is 0 Å². The maximum atomic E-state index is 14.2. The first-order valence-corrected chi connectivity index (χ1v) is 14.1. The minimum absolute atomic E-state index is 0.341. The molecule has 5 rings (SSSR count). The van der Waals surface area contributed by atoms with Crippen molar-refractivity contribution in [3.05, 3.63) is 107 Å². The van der Waals surface area contributed by atoms with Crippen molar-refractivity contribution in [2.45, 2.75) is 52.6 Å². The molecule has 4 aromatic rings. The van der Waals surface area contributed by atoms with Gasteiger partial charge in [0.15, 0.2) is 0 Å². The van der Waals surface area contributed by atoms with E-state index in [9.17, 15) is 19.5 Å². The Morgan fingerprint density at radius 2 is 1.36 bits per heavy atom. The molecule has 3 aromatic carbocycles. The van der Waals surface area contributed by atoms with Gasteiger partial charge in [-0.15, -0.1) is 0 Å². The van der Waals surface area contributed by atoms with Gasteiger partial charge in [0.1, 0.15) is 11.7 Å². The van der Waals surface area contributed by atoms with Crippen LogP contribution in [0, 0.1) is 39.5 Å². The molecule has 0 radical (unpaired) electrons. The Morgan fingerprint density at radius 3 is 1.93 bits per heavy atom. The monoisotopic (exact) mass is 564 g/mol. The predicted molar refractivity (Wildman–Crippen MR) is 163 cm³/mol. The highest BCUT2D eigenvalue weighted by molar-refractivity contribution is 6.10. The normalized spacial score (nSPS) is 22.0. The maximum absolute atomic E-state index is 14.2. The second kappa shape index (κ2) is 11.4. The topological polar surface area (TPSA) is 113 Å². The lowest BCUT2D eigenvalue weighted by atomic mass is 9.60. The summed E-state index contributed by atoms with van der Waals surface area (Å²) in [5.41, 5.74) is 3.83. The first-order valence-electron chi connectivity index (χ1n) is 14.1. The molecule has 2 amide bonds. The zero-order chi connectivity index (χ0) is 30.2. The van der Waals surface area contributed by atoms with Gasteiger partial charge in [-0.05, 0) is 70.0 Å². The second-order valence-corrected chi connectivity index (χ2v) is 11.4. The molecule has 1 saturated carbocycles. The molecule has 8 nitrogen and oxygen atoms in total. The van der Waals surface area contributed by atoms with Crippen molar-refractivity contribution in [1.29, 1.82) is 0 Å². The standard InChI is InChI=1S/C34H36N4O4/c1-20-13-9-11-17-25(20)35-32(40)29-27(39)19-34(5,42)31(33(41)36-26-18-12-10-14-21(26)2)30(29)28-22(3)37-38(23(28)4)24-15-7-6-8-16-24/h6-18,29-31,42H,19H2,1-5H3,(H,35,40)(H,36,41)/t29-,30+,31-,34+/m1/s1. The molecule has 42 heavy (non-hydrogen) atoms. The third kappa shape index (κ3) is 5.37. The van der Waals surface area contributed by atoms with E-state index >= 15 is 0 Å². The Morgan fingerprint density at radius 1 is 0.833 bits per heavy atom. The minimum Gasteiger partial charge on any atom is -0.389 e. The molecule has 1 aromatic heterocycles. The van der Waals surface area contributed by atoms with Crippen LogP contribution in [-0.2, 0) is 14.4 Å². The van der Waals surface area contributed by atoms with Crippen LogP contribution >= 0.6 is 0 Å². The molecule has 0 saturated heterocycles. The number of hydrogen-bond acceptors (Lipinski definition) is 5. The summed E-state index contributed by atoms with van der Waals surface area (Å²) in [6.07, 6.45) is -0.341. The molecular formula is C34H36N4O4. The molecule has 0 bridgehead atoms. The zero-order valence-electron chi connectivity index (χ0n) is 24.5. The largest absolute Gasteiger partial charge is 0.389 e. The van der Waals surface area contributed by atoms with Gasteiger partial charge < -0.3 is 15.7 Å². The molecule has 1 aliphatic carbocycles. The quantitative estimate of drug-likeness (QED) is 0.271. The molecule has 3 N–H and O–H groups in total. The van der Waals surface area contributed by atoms with Gasteiger partial charge in [0.05, 0.1) is 22.9 Å². The van der Waals surface area contributed by atoms with Gasteiger partial charge in [0.2, 0.25) is 11.8 Å². The number of carbonyl (C=O) groups excluding carboxylic acids is 3. The van der Waals surface area contributed by atoms with E-state index in [2.05, 4.69) is 10.6 Å². The van der Waals surface area contributed by atoms with E-state index in [-0.39, 0.29) is 6.42 Å². The number of hydrogen-bond donors (Lipinski definition) is 3. The van der Waals surface area contributed by atoms with Crippen molar-refractivity contribution < 1.29 is 19.5 Å². The van der Waals surface area contributed by atoms with Crippen LogP contribution in [0.15, 0.2) is 78.9 Å². The number of ketones is 1. The number of rotatable bonds is 6. The number of anilines is 2. The number of aryl methyl sites for hydroxylation is 3. The van der Waals surface area contributed by atoms with E-state index in [1.165, 1.54) is 6.92 Å². The first kappa shape index (κ1) is 29.0. The number of carbonyl (C=O) groups is 3. The van der Waals surface area contributed by atoms with Crippen LogP contribution < -0.4 is 10.6 Å². The van der Waals surface area contributed by atoms with Gasteiger partial charge in [0, 0.05) is 35.0 Å². The average Bonchev–Trinajstić information content (AvgIpc) is 3.23. The van der Waals surface area contributed by atoms with E-state index in [4.69, 9.17) is 5.10 Å². The van der Waals surface area contributed by atoms with Gasteiger partial charge >= 0.3 is 0 Å². The summed E-state index contributed by atoms with van der Waals surface area (Å²) >= 11 is 0. The van der Waals surface area contributed by atoms with Crippen LogP contribution in [0.5, 0.6) is 0 Å². The molecule has 0 aliphatic heterocycles. The lowest BCUT2D eigenvalue weighted by Gasteiger charge is -2.44. The maximum Gasteiger partial charge on any atom is 0.235 e. The average molecular weight is 565 g/mol. The Hall–Kier alpha value is -4.56. The fourth-order valence-electron chi connectivity index (χ4n) is 6.25. The van der Waals surface area contributed by atoms with E-state index in [1.54, 1.807) is 16.8 Å². The van der Waals surface area contributed by atoms with Crippen LogP contribution in [-0.4, -0.2) is 38.1 Å². The molecule has 4 atom stereocenters. The fraction of sp³-hybridized carbons (Fsp3) is 0.294. The summed E-state index contributed by atoms with van der Waals surface area (Å²) in [6, 6.07) is 24.2. The van der Waals surface area contributed by atoms with Crippen LogP contribution in [0.4, 0.5) is 11.4 Å². The number of aliphatic hydroxyl groups is 1. The van der Waals surface area contributed by atoms with Gasteiger partial charge in [0.25, 0.3) is 0 Å². The summed E-state index contributed by atoms with van der Waals surface area (Å²) in [6.45, 7) is 8.93. The van der Waals surface area contributed by atoms with Crippen molar-refractivity contribution >= 4 is 29.0 Å². The number of amides is 2. The highest BCUT2D eigenvalue weighted by Crippen LogP contribution is 2.48. The predicted octanol–water partition coefficient (Wildman–Crippen LogP) is 5.42. The van der Waals surface area contributed by atoms with Crippen molar-refractivity contribution in [3.8, 4) is 5.69 Å². The van der Waals surface area contributed by atoms with E-state index < -0.39 is 41.0 Å². The smallest absolute Gasteiger partial charge is 0.235 e. The minimum atomic E-state index is -1.72. The third-order valence-electron chi connectivity index (χ3n) is 8.32. The molecule has 0 spiro atoms. The third-order valence-corrected chi connectivity index (χ3v) is 8.32. The second-order valence-electron chi connectivity index (χ2n) is 11.4. The lowest BCUT2D eigenvalue weighted by Crippen LogP contribution is -2.56. The zero-order valence-corrected chi connectivity index (χ0v) is 24.5. The molecular weight excluding hydrogens is 528 g/mol. The van der Waals surface area contributed by atoms with Crippen molar-refractivity contribution in [3.63, 3.8) is 0 Å². The van der Waals surface area contributed by atoms with Crippen molar-refractivity contribution in [2.24, 2.45) is 11.8 Å². The lowest BCUT2D eigenvalue weighted by molar-refractivity contribution is -0.150.